The van der Waals surface area contributed by atoms with Gasteiger partial charge in [0.1, 0.15) is 0 Å². The van der Waals surface area contributed by atoms with Crippen molar-refractivity contribution in [2.45, 2.75) is 16.7 Å². The van der Waals surface area contributed by atoms with Crippen LogP contribution in [0.3, 0.4) is 0 Å². The fourth-order valence-electron chi connectivity index (χ4n) is 3.85. The Balaban J connectivity index is 1.88. The first-order chi connectivity index (χ1) is 16.5. The largest absolute Gasteiger partial charge is 0.332 e. The Hall–Kier alpha value is -3.42. The zero-order valence-corrected chi connectivity index (χ0v) is 20.5. The van der Waals surface area contributed by atoms with Crippen molar-refractivity contribution >= 4 is 68.3 Å². The number of carbonyl (C=O) groups excluding carboxylic acids is 3. The van der Waals surface area contributed by atoms with E-state index < -0.39 is 23.2 Å². The van der Waals surface area contributed by atoms with E-state index in [0.717, 1.165) is 20.6 Å². The zero-order chi connectivity index (χ0) is 24.2. The molecule has 0 spiro atoms. The van der Waals surface area contributed by atoms with Crippen molar-refractivity contribution in [2.24, 2.45) is 5.16 Å². The first-order valence-corrected chi connectivity index (χ1v) is 12.9. The summed E-state index contributed by atoms with van der Waals surface area (Å²) in [4.78, 5) is 45.7. The van der Waals surface area contributed by atoms with Crippen molar-refractivity contribution in [3.05, 3.63) is 83.9 Å². The Labute approximate surface area is 205 Å². The van der Waals surface area contributed by atoms with E-state index in [1.165, 1.54) is 6.92 Å². The first kappa shape index (κ1) is 23.7. The van der Waals surface area contributed by atoms with Gasteiger partial charge in [-0.2, -0.15) is 0 Å². The van der Waals surface area contributed by atoms with E-state index in [0.29, 0.717) is 21.9 Å². The fraction of sp³-hybridized carbons (Fsp3) is 0.111. The molecule has 4 aromatic rings. The second-order valence-electron chi connectivity index (χ2n) is 7.40. The number of carbonyl (C=O) groups is 3. The minimum Gasteiger partial charge on any atom is -0.318 e. The average molecular weight is 488 g/mol. The van der Waals surface area contributed by atoms with Crippen molar-refractivity contribution in [2.75, 3.05) is 12.5 Å². The number of fused-ring (bicyclic) bond motifs is 2. The maximum atomic E-state index is 13.7. The van der Waals surface area contributed by atoms with Crippen LogP contribution in [0.4, 0.5) is 0 Å². The van der Waals surface area contributed by atoms with Gasteiger partial charge in [-0.25, -0.2) is 4.79 Å². The lowest BCUT2D eigenvalue weighted by Crippen LogP contribution is -2.26. The summed E-state index contributed by atoms with van der Waals surface area (Å²) < 4.78 is 0. The Bertz CT molecular complexity index is 1380. The number of hydrogen-bond donors (Lipinski definition) is 0. The van der Waals surface area contributed by atoms with Crippen LogP contribution in [0.1, 0.15) is 27.6 Å². The molecule has 0 saturated carbocycles. The van der Waals surface area contributed by atoms with Crippen molar-refractivity contribution in [1.29, 1.82) is 0 Å². The van der Waals surface area contributed by atoms with Crippen LogP contribution in [-0.2, 0) is 9.63 Å². The van der Waals surface area contributed by atoms with E-state index in [9.17, 15) is 14.4 Å². The average Bonchev–Trinajstić information content (AvgIpc) is 2.87. The molecule has 7 heteroatoms. The second-order valence-corrected chi connectivity index (χ2v) is 9.10. The summed E-state index contributed by atoms with van der Waals surface area (Å²) in [5.41, 5.74) is 0.190. The number of Topliss-reactive ketones (excluding diaryl/α,β-unsaturated/α-hetero) is 2. The summed E-state index contributed by atoms with van der Waals surface area (Å²) in [6.07, 6.45) is 3.92. The molecule has 0 radical (unpaired) electrons. The fourth-order valence-corrected chi connectivity index (χ4v) is 5.05. The number of rotatable bonds is 7. The van der Waals surface area contributed by atoms with E-state index in [1.54, 1.807) is 35.7 Å². The highest BCUT2D eigenvalue weighted by atomic mass is 32.2. The van der Waals surface area contributed by atoms with Gasteiger partial charge >= 0.3 is 5.97 Å². The van der Waals surface area contributed by atoms with Gasteiger partial charge in [0.05, 0.1) is 0 Å². The van der Waals surface area contributed by atoms with Crippen molar-refractivity contribution in [1.82, 2.24) is 0 Å². The predicted octanol–water partition coefficient (Wildman–Crippen LogP) is 6.42. The molecule has 0 bridgehead atoms. The summed E-state index contributed by atoms with van der Waals surface area (Å²) in [6.45, 7) is 1.17. The SMILES string of the molecule is CSc1ccc(C(=O)C(=NOC(C)=O)C(=O)c2ccc(SC)c3ccccc23)c2ccccc12. The molecule has 0 aromatic heterocycles. The van der Waals surface area contributed by atoms with Crippen molar-refractivity contribution in [3.8, 4) is 0 Å². The monoisotopic (exact) mass is 487 g/mol. The topological polar surface area (TPSA) is 72.8 Å². The Morgan fingerprint density at radius 2 is 1.06 bits per heavy atom. The van der Waals surface area contributed by atoms with Crippen molar-refractivity contribution in [3.63, 3.8) is 0 Å². The zero-order valence-electron chi connectivity index (χ0n) is 18.8. The molecule has 0 aliphatic rings. The van der Waals surface area contributed by atoms with Gasteiger partial charge in [-0.05, 0) is 58.3 Å². The van der Waals surface area contributed by atoms with Crippen LogP contribution >= 0.6 is 23.5 Å². The molecule has 4 aromatic carbocycles. The van der Waals surface area contributed by atoms with Gasteiger partial charge in [-0.1, -0.05) is 53.7 Å². The van der Waals surface area contributed by atoms with E-state index >= 15 is 0 Å². The van der Waals surface area contributed by atoms with Crippen molar-refractivity contribution < 1.29 is 19.2 Å². The van der Waals surface area contributed by atoms with Gasteiger partial charge in [0.2, 0.25) is 11.6 Å². The van der Waals surface area contributed by atoms with Crippen LogP contribution in [0.15, 0.2) is 87.7 Å². The summed E-state index contributed by atoms with van der Waals surface area (Å²) in [7, 11) is 0. The highest BCUT2D eigenvalue weighted by Crippen LogP contribution is 2.31. The molecule has 0 saturated heterocycles. The van der Waals surface area contributed by atoms with E-state index in [-0.39, 0.29) is 0 Å². The lowest BCUT2D eigenvalue weighted by atomic mass is 9.93. The molecule has 0 amide bonds. The Kier molecular flexibility index (Phi) is 7.14. The minimum absolute atomic E-state index is 0.317. The van der Waals surface area contributed by atoms with Crippen LogP contribution in [0.25, 0.3) is 21.5 Å². The van der Waals surface area contributed by atoms with Gasteiger partial charge in [0.25, 0.3) is 0 Å². The molecule has 170 valence electrons. The number of oxime groups is 1. The summed E-state index contributed by atoms with van der Waals surface area (Å²) in [5, 5.41) is 6.93. The van der Waals surface area contributed by atoms with Gasteiger partial charge in [-0.3, -0.25) is 9.59 Å². The summed E-state index contributed by atoms with van der Waals surface area (Å²) in [6, 6.07) is 22.0. The second kappa shape index (κ2) is 10.2. The van der Waals surface area contributed by atoms with E-state index in [1.807, 2.05) is 73.2 Å². The Morgan fingerprint density at radius 1 is 0.647 bits per heavy atom. The normalized spacial score (nSPS) is 10.8. The molecule has 5 nitrogen and oxygen atoms in total. The number of ketones is 2. The van der Waals surface area contributed by atoms with Crippen LogP contribution in [-0.4, -0.2) is 35.8 Å². The molecule has 0 fully saturated rings. The minimum atomic E-state index is -0.719. The molecule has 0 unspecified atom stereocenters. The number of benzene rings is 4. The molecule has 34 heavy (non-hydrogen) atoms. The van der Waals surface area contributed by atoms with E-state index in [4.69, 9.17) is 4.84 Å². The number of hydrogen-bond acceptors (Lipinski definition) is 7. The summed E-state index contributed by atoms with van der Waals surface area (Å²) >= 11 is 3.14. The van der Waals surface area contributed by atoms with Gasteiger partial charge in [-0.15, -0.1) is 23.5 Å². The Morgan fingerprint density at radius 3 is 1.44 bits per heavy atom. The highest BCUT2D eigenvalue weighted by molar-refractivity contribution is 7.99. The molecule has 0 atom stereocenters. The number of nitrogens with zero attached hydrogens (tertiary/aromatic N) is 1. The number of thioether (sulfide) groups is 2. The molecule has 0 aliphatic carbocycles. The molecule has 0 aliphatic heterocycles. The van der Waals surface area contributed by atoms with Gasteiger partial charge in [0.15, 0.2) is 5.71 Å². The molecule has 0 heterocycles. The quantitative estimate of drug-likeness (QED) is 0.0748. The van der Waals surface area contributed by atoms with Crippen LogP contribution in [0, 0.1) is 0 Å². The third-order valence-corrected chi connectivity index (χ3v) is 6.98. The molecule has 0 N–H and O–H groups in total. The molecular weight excluding hydrogens is 466 g/mol. The summed E-state index contributed by atoms with van der Waals surface area (Å²) in [5.74, 6) is -1.93. The third-order valence-electron chi connectivity index (χ3n) is 5.39. The van der Waals surface area contributed by atoms with Gasteiger partial charge < -0.3 is 4.84 Å². The first-order valence-electron chi connectivity index (χ1n) is 10.4. The van der Waals surface area contributed by atoms with Gasteiger partial charge in [0, 0.05) is 27.8 Å². The lowest BCUT2D eigenvalue weighted by Gasteiger charge is -2.12. The van der Waals surface area contributed by atoms with Crippen LogP contribution in [0.5, 0.6) is 0 Å². The smallest absolute Gasteiger partial charge is 0.318 e. The molecular formula is C27H21NO4S2. The highest BCUT2D eigenvalue weighted by Gasteiger charge is 2.28. The lowest BCUT2D eigenvalue weighted by molar-refractivity contribution is -0.140. The van der Waals surface area contributed by atoms with E-state index in [2.05, 4.69) is 5.16 Å². The maximum Gasteiger partial charge on any atom is 0.332 e. The standard InChI is InChI=1S/C27H21NO4S2/c1-16(29)32-28-25(26(30)21-12-14-23(33-2)19-10-6-4-8-17(19)21)27(31)22-13-15-24(34-3)20-11-7-5-9-18(20)22/h4-15H,1-3H3. The maximum absolute atomic E-state index is 13.7. The predicted molar refractivity (Wildman–Crippen MR) is 139 cm³/mol. The van der Waals surface area contributed by atoms with Crippen LogP contribution in [0.2, 0.25) is 0 Å². The third kappa shape index (κ3) is 4.49. The van der Waals surface area contributed by atoms with Crippen LogP contribution < -0.4 is 0 Å². The molecule has 4 rings (SSSR count).